The third-order valence-corrected chi connectivity index (χ3v) is 4.96. The van der Waals surface area contributed by atoms with Crippen LogP contribution in [0, 0.1) is 5.92 Å². The molecule has 6 heteroatoms. The Kier molecular flexibility index (Phi) is 6.76. The molecule has 0 aliphatic carbocycles. The van der Waals surface area contributed by atoms with E-state index in [1.165, 1.54) is 5.69 Å². The second-order valence-electron chi connectivity index (χ2n) is 6.56. The van der Waals surface area contributed by atoms with Crippen molar-refractivity contribution < 1.29 is 9.47 Å². The molecule has 1 aliphatic heterocycles. The standard InChI is InChI=1S/C21H27N3O2S/c1-3-26-20-7-5-4-6-19(20)23-21(27)22-14-16-12-13-24(15-16)17-8-10-18(25-2)11-9-17/h4-11,16H,3,12-15H2,1-2H3,(H2,22,23,27)/t16-/m1/s1. The van der Waals surface area contributed by atoms with Gasteiger partial charge >= 0.3 is 0 Å². The van der Waals surface area contributed by atoms with Crippen LogP contribution in [0.4, 0.5) is 11.4 Å². The summed E-state index contributed by atoms with van der Waals surface area (Å²) in [6, 6.07) is 16.1. The van der Waals surface area contributed by atoms with Crippen LogP contribution in [-0.2, 0) is 0 Å². The van der Waals surface area contributed by atoms with Gasteiger partial charge in [-0.25, -0.2) is 0 Å². The predicted octanol–water partition coefficient (Wildman–Crippen LogP) is 3.91. The number of benzene rings is 2. The summed E-state index contributed by atoms with van der Waals surface area (Å²) in [4.78, 5) is 2.41. The summed E-state index contributed by atoms with van der Waals surface area (Å²) in [5.74, 6) is 2.27. The van der Waals surface area contributed by atoms with E-state index in [-0.39, 0.29) is 0 Å². The van der Waals surface area contributed by atoms with Crippen molar-refractivity contribution in [3.63, 3.8) is 0 Å². The van der Waals surface area contributed by atoms with E-state index in [0.717, 1.165) is 43.2 Å². The molecule has 0 spiro atoms. The van der Waals surface area contributed by atoms with Crippen LogP contribution in [0.1, 0.15) is 13.3 Å². The van der Waals surface area contributed by atoms with Crippen molar-refractivity contribution in [1.29, 1.82) is 0 Å². The highest BCUT2D eigenvalue weighted by Crippen LogP contribution is 2.26. The first-order valence-electron chi connectivity index (χ1n) is 9.35. The van der Waals surface area contributed by atoms with Crippen molar-refractivity contribution in [2.45, 2.75) is 13.3 Å². The highest BCUT2D eigenvalue weighted by Gasteiger charge is 2.22. The highest BCUT2D eigenvalue weighted by atomic mass is 32.1. The molecule has 27 heavy (non-hydrogen) atoms. The monoisotopic (exact) mass is 385 g/mol. The lowest BCUT2D eigenvalue weighted by Gasteiger charge is -2.20. The Morgan fingerprint density at radius 1 is 1.19 bits per heavy atom. The zero-order valence-corrected chi connectivity index (χ0v) is 16.7. The highest BCUT2D eigenvalue weighted by molar-refractivity contribution is 7.80. The number of nitrogens with one attached hydrogen (secondary N) is 2. The summed E-state index contributed by atoms with van der Waals surface area (Å²) < 4.78 is 10.9. The summed E-state index contributed by atoms with van der Waals surface area (Å²) in [6.07, 6.45) is 1.15. The maximum absolute atomic E-state index is 5.63. The number of thiocarbonyl (C=S) groups is 1. The minimum atomic E-state index is 0.564. The Morgan fingerprint density at radius 2 is 1.96 bits per heavy atom. The molecule has 0 bridgehead atoms. The summed E-state index contributed by atoms with van der Waals surface area (Å²) in [7, 11) is 1.69. The van der Waals surface area contributed by atoms with Crippen LogP contribution in [0.25, 0.3) is 0 Å². The quantitative estimate of drug-likeness (QED) is 0.705. The average molecular weight is 386 g/mol. The second kappa shape index (κ2) is 9.46. The first kappa shape index (κ1) is 19.3. The maximum Gasteiger partial charge on any atom is 0.170 e. The van der Waals surface area contributed by atoms with Crippen LogP contribution >= 0.6 is 12.2 Å². The molecule has 1 saturated heterocycles. The molecule has 2 aromatic carbocycles. The van der Waals surface area contributed by atoms with E-state index < -0.39 is 0 Å². The number of methoxy groups -OCH3 is 1. The van der Waals surface area contributed by atoms with E-state index in [1.54, 1.807) is 7.11 Å². The van der Waals surface area contributed by atoms with E-state index >= 15 is 0 Å². The van der Waals surface area contributed by atoms with Crippen molar-refractivity contribution in [1.82, 2.24) is 5.32 Å². The van der Waals surface area contributed by atoms with Gasteiger partial charge in [0.1, 0.15) is 11.5 Å². The fourth-order valence-electron chi connectivity index (χ4n) is 3.28. The summed E-state index contributed by atoms with van der Waals surface area (Å²) in [6.45, 7) is 5.54. The Labute approximate surface area is 166 Å². The zero-order chi connectivity index (χ0) is 19.1. The van der Waals surface area contributed by atoms with Gasteiger partial charge in [0.05, 0.1) is 19.4 Å². The van der Waals surface area contributed by atoms with Gasteiger partial charge in [-0.05, 0) is 67.9 Å². The molecule has 5 nitrogen and oxygen atoms in total. The average Bonchev–Trinajstić information content (AvgIpc) is 3.17. The number of hydrogen-bond donors (Lipinski definition) is 2. The first-order valence-corrected chi connectivity index (χ1v) is 9.76. The second-order valence-corrected chi connectivity index (χ2v) is 6.97. The minimum Gasteiger partial charge on any atom is -0.497 e. The van der Waals surface area contributed by atoms with Crippen LogP contribution in [0.2, 0.25) is 0 Å². The largest absolute Gasteiger partial charge is 0.497 e. The maximum atomic E-state index is 5.63. The van der Waals surface area contributed by atoms with Crippen molar-refractivity contribution in [3.05, 3.63) is 48.5 Å². The van der Waals surface area contributed by atoms with Crippen LogP contribution in [0.5, 0.6) is 11.5 Å². The summed E-state index contributed by atoms with van der Waals surface area (Å²) in [5.41, 5.74) is 2.13. The number of nitrogens with zero attached hydrogens (tertiary/aromatic N) is 1. The Morgan fingerprint density at radius 3 is 2.70 bits per heavy atom. The van der Waals surface area contributed by atoms with Crippen molar-refractivity contribution in [3.8, 4) is 11.5 Å². The summed E-state index contributed by atoms with van der Waals surface area (Å²) in [5, 5.41) is 7.22. The molecule has 3 rings (SSSR count). The lowest BCUT2D eigenvalue weighted by atomic mass is 10.1. The van der Waals surface area contributed by atoms with Gasteiger partial charge in [-0.2, -0.15) is 0 Å². The Hall–Kier alpha value is -2.47. The predicted molar refractivity (Wildman–Crippen MR) is 115 cm³/mol. The number of anilines is 2. The van der Waals surface area contributed by atoms with E-state index in [4.69, 9.17) is 21.7 Å². The molecule has 0 amide bonds. The van der Waals surface area contributed by atoms with Gasteiger partial charge in [-0.1, -0.05) is 12.1 Å². The molecule has 1 aliphatic rings. The molecule has 1 heterocycles. The topological polar surface area (TPSA) is 45.8 Å². The first-order chi connectivity index (χ1) is 13.2. The zero-order valence-electron chi connectivity index (χ0n) is 15.9. The summed E-state index contributed by atoms with van der Waals surface area (Å²) >= 11 is 5.46. The molecule has 2 aromatic rings. The van der Waals surface area contributed by atoms with E-state index in [9.17, 15) is 0 Å². The third kappa shape index (κ3) is 5.26. The molecule has 1 fully saturated rings. The van der Waals surface area contributed by atoms with Crippen LogP contribution in [0.3, 0.4) is 0 Å². The lowest BCUT2D eigenvalue weighted by molar-refractivity contribution is 0.342. The molecule has 0 unspecified atom stereocenters. The van der Waals surface area contributed by atoms with Gasteiger partial charge in [0.25, 0.3) is 0 Å². The van der Waals surface area contributed by atoms with E-state index in [1.807, 2.05) is 43.3 Å². The Bertz CT molecular complexity index is 751. The van der Waals surface area contributed by atoms with Crippen LogP contribution in [-0.4, -0.2) is 38.5 Å². The van der Waals surface area contributed by atoms with Gasteiger partial charge in [-0.3, -0.25) is 0 Å². The molecule has 1 atom stereocenters. The van der Waals surface area contributed by atoms with Gasteiger partial charge in [0, 0.05) is 25.3 Å². The number of para-hydroxylation sites is 2. The van der Waals surface area contributed by atoms with Crippen LogP contribution in [0.15, 0.2) is 48.5 Å². The van der Waals surface area contributed by atoms with Gasteiger partial charge < -0.3 is 25.0 Å². The minimum absolute atomic E-state index is 0.564. The molecule has 0 saturated carbocycles. The molecule has 144 valence electrons. The lowest BCUT2D eigenvalue weighted by Crippen LogP contribution is -2.34. The molecular weight excluding hydrogens is 358 g/mol. The molecule has 2 N–H and O–H groups in total. The number of hydrogen-bond acceptors (Lipinski definition) is 4. The Balaban J connectivity index is 1.47. The number of rotatable bonds is 7. The molecule has 0 radical (unpaired) electrons. The molecular formula is C21H27N3O2S. The van der Waals surface area contributed by atoms with Gasteiger partial charge in [0.2, 0.25) is 0 Å². The van der Waals surface area contributed by atoms with Gasteiger partial charge in [0.15, 0.2) is 5.11 Å². The smallest absolute Gasteiger partial charge is 0.170 e. The fraction of sp³-hybridized carbons (Fsp3) is 0.381. The van der Waals surface area contributed by atoms with Crippen molar-refractivity contribution in [2.75, 3.05) is 43.6 Å². The SMILES string of the molecule is CCOc1ccccc1NC(=S)NC[C@H]1CCN(c2ccc(OC)cc2)C1. The third-order valence-electron chi connectivity index (χ3n) is 4.71. The van der Waals surface area contributed by atoms with Gasteiger partial charge in [-0.15, -0.1) is 0 Å². The van der Waals surface area contributed by atoms with Crippen molar-refractivity contribution in [2.24, 2.45) is 5.92 Å². The number of ether oxygens (including phenoxy) is 2. The van der Waals surface area contributed by atoms with E-state index in [2.05, 4.69) is 27.7 Å². The fourth-order valence-corrected chi connectivity index (χ4v) is 3.47. The van der Waals surface area contributed by atoms with Crippen LogP contribution < -0.4 is 25.0 Å². The van der Waals surface area contributed by atoms with Crippen molar-refractivity contribution >= 4 is 28.7 Å². The van der Waals surface area contributed by atoms with E-state index in [0.29, 0.717) is 17.6 Å². The normalized spacial score (nSPS) is 16.1. The molecule has 0 aromatic heterocycles.